The molecule has 1 heterocycles. The molecule has 1 saturated heterocycles. The number of aliphatic hydroxyl groups is 1. The number of nitrogens with two attached hydrogens (primary N) is 1. The number of hydrogen-bond acceptors (Lipinski definition) is 4. The SMILES string of the molecule is NC(=O)[C@H](O)C1CCN(CCOc2ccccc2Cl)CC1. The lowest BCUT2D eigenvalue weighted by molar-refractivity contribution is -0.129. The maximum atomic E-state index is 11.0. The number of hydrogen-bond donors (Lipinski definition) is 2. The van der Waals surface area contributed by atoms with Crippen molar-refractivity contribution >= 4 is 17.5 Å². The molecule has 1 aromatic rings. The average molecular weight is 313 g/mol. The summed E-state index contributed by atoms with van der Waals surface area (Å²) in [5.74, 6) is 0.0388. The van der Waals surface area contributed by atoms with Crippen LogP contribution in [0.15, 0.2) is 24.3 Å². The van der Waals surface area contributed by atoms with Gasteiger partial charge in [0.05, 0.1) is 5.02 Å². The first-order chi connectivity index (χ1) is 10.1. The van der Waals surface area contributed by atoms with E-state index in [1.165, 1.54) is 0 Å². The molecule has 6 heteroatoms. The van der Waals surface area contributed by atoms with Crippen LogP contribution in [0.2, 0.25) is 5.02 Å². The number of benzene rings is 1. The lowest BCUT2D eigenvalue weighted by Gasteiger charge is -2.33. The molecule has 0 aromatic heterocycles. The second-order valence-electron chi connectivity index (χ2n) is 5.31. The fourth-order valence-electron chi connectivity index (χ4n) is 2.57. The molecule has 0 unspecified atom stereocenters. The van der Waals surface area contributed by atoms with Gasteiger partial charge in [0.25, 0.3) is 0 Å². The lowest BCUT2D eigenvalue weighted by atomic mass is 9.91. The quantitative estimate of drug-likeness (QED) is 0.829. The monoisotopic (exact) mass is 312 g/mol. The minimum atomic E-state index is -1.02. The Kier molecular flexibility index (Phi) is 5.85. The van der Waals surface area contributed by atoms with Gasteiger partial charge in [-0.3, -0.25) is 9.69 Å². The van der Waals surface area contributed by atoms with Gasteiger partial charge in [0.2, 0.25) is 5.91 Å². The van der Waals surface area contributed by atoms with E-state index in [0.717, 1.165) is 32.5 Å². The number of para-hydroxylation sites is 1. The normalized spacial score (nSPS) is 18.4. The second kappa shape index (κ2) is 7.64. The number of amides is 1. The Morgan fingerprint density at radius 2 is 2.10 bits per heavy atom. The third-order valence-corrected chi connectivity index (χ3v) is 4.18. The molecular weight excluding hydrogens is 292 g/mol. The molecule has 0 spiro atoms. The highest BCUT2D eigenvalue weighted by Gasteiger charge is 2.28. The van der Waals surface area contributed by atoms with Crippen molar-refractivity contribution in [1.29, 1.82) is 0 Å². The molecule has 5 nitrogen and oxygen atoms in total. The molecule has 2 rings (SSSR count). The molecule has 21 heavy (non-hydrogen) atoms. The Bertz CT molecular complexity index is 476. The van der Waals surface area contributed by atoms with Crippen molar-refractivity contribution in [3.63, 3.8) is 0 Å². The second-order valence-corrected chi connectivity index (χ2v) is 5.71. The van der Waals surface area contributed by atoms with Gasteiger partial charge in [-0.15, -0.1) is 0 Å². The van der Waals surface area contributed by atoms with Crippen LogP contribution in [0.3, 0.4) is 0 Å². The number of halogens is 1. The molecule has 116 valence electrons. The largest absolute Gasteiger partial charge is 0.491 e. The number of ether oxygens (including phenoxy) is 1. The Morgan fingerprint density at radius 1 is 1.43 bits per heavy atom. The first kappa shape index (κ1) is 16.1. The maximum absolute atomic E-state index is 11.0. The van der Waals surface area contributed by atoms with Crippen LogP contribution in [-0.2, 0) is 4.79 Å². The van der Waals surface area contributed by atoms with E-state index in [0.29, 0.717) is 17.4 Å². The summed E-state index contributed by atoms with van der Waals surface area (Å²) >= 11 is 6.02. The number of likely N-dealkylation sites (tertiary alicyclic amines) is 1. The zero-order valence-corrected chi connectivity index (χ0v) is 12.6. The zero-order chi connectivity index (χ0) is 15.2. The Balaban J connectivity index is 1.70. The van der Waals surface area contributed by atoms with Crippen LogP contribution in [0, 0.1) is 5.92 Å². The van der Waals surface area contributed by atoms with Gasteiger partial charge in [0.15, 0.2) is 0 Å². The summed E-state index contributed by atoms with van der Waals surface area (Å²) in [5, 5.41) is 10.3. The van der Waals surface area contributed by atoms with Crippen LogP contribution in [0.1, 0.15) is 12.8 Å². The van der Waals surface area contributed by atoms with E-state index < -0.39 is 12.0 Å². The number of aliphatic hydroxyl groups excluding tert-OH is 1. The molecule has 0 radical (unpaired) electrons. The smallest absolute Gasteiger partial charge is 0.246 e. The van der Waals surface area contributed by atoms with Crippen molar-refractivity contribution < 1.29 is 14.6 Å². The number of nitrogens with zero attached hydrogens (tertiary/aromatic N) is 1. The highest BCUT2D eigenvalue weighted by molar-refractivity contribution is 6.32. The van der Waals surface area contributed by atoms with Gasteiger partial charge in [0, 0.05) is 6.54 Å². The van der Waals surface area contributed by atoms with E-state index in [1.807, 2.05) is 18.2 Å². The molecule has 0 saturated carbocycles. The van der Waals surface area contributed by atoms with Gasteiger partial charge >= 0.3 is 0 Å². The average Bonchev–Trinajstić information content (AvgIpc) is 2.49. The van der Waals surface area contributed by atoms with Gasteiger partial charge < -0.3 is 15.6 Å². The van der Waals surface area contributed by atoms with E-state index in [9.17, 15) is 9.90 Å². The lowest BCUT2D eigenvalue weighted by Crippen LogP contribution is -2.43. The third kappa shape index (κ3) is 4.59. The van der Waals surface area contributed by atoms with E-state index in [1.54, 1.807) is 6.07 Å². The van der Waals surface area contributed by atoms with E-state index in [-0.39, 0.29) is 5.92 Å². The molecule has 0 bridgehead atoms. The van der Waals surface area contributed by atoms with Crippen molar-refractivity contribution in [2.24, 2.45) is 11.7 Å². The molecule has 1 atom stereocenters. The minimum Gasteiger partial charge on any atom is -0.491 e. The van der Waals surface area contributed by atoms with Gasteiger partial charge in [-0.25, -0.2) is 0 Å². The Labute approximate surface area is 129 Å². The molecule has 1 amide bonds. The predicted molar refractivity (Wildman–Crippen MR) is 81.3 cm³/mol. The summed E-state index contributed by atoms with van der Waals surface area (Å²) in [6.45, 7) is 3.03. The highest BCUT2D eigenvalue weighted by Crippen LogP contribution is 2.23. The zero-order valence-electron chi connectivity index (χ0n) is 11.9. The first-order valence-corrected chi connectivity index (χ1v) is 7.53. The van der Waals surface area contributed by atoms with Crippen molar-refractivity contribution in [2.75, 3.05) is 26.2 Å². The van der Waals surface area contributed by atoms with E-state index in [2.05, 4.69) is 4.90 Å². The topological polar surface area (TPSA) is 75.8 Å². The van der Waals surface area contributed by atoms with Gasteiger partial charge in [-0.05, 0) is 44.0 Å². The van der Waals surface area contributed by atoms with E-state index >= 15 is 0 Å². The summed E-state index contributed by atoms with van der Waals surface area (Å²) in [4.78, 5) is 13.2. The van der Waals surface area contributed by atoms with Crippen molar-refractivity contribution in [3.8, 4) is 5.75 Å². The van der Waals surface area contributed by atoms with Crippen molar-refractivity contribution in [3.05, 3.63) is 29.3 Å². The highest BCUT2D eigenvalue weighted by atomic mass is 35.5. The number of carbonyl (C=O) groups is 1. The van der Waals surface area contributed by atoms with E-state index in [4.69, 9.17) is 22.1 Å². The third-order valence-electron chi connectivity index (χ3n) is 3.87. The van der Waals surface area contributed by atoms with Crippen molar-refractivity contribution in [2.45, 2.75) is 18.9 Å². The van der Waals surface area contributed by atoms with Crippen LogP contribution in [0.4, 0.5) is 0 Å². The van der Waals surface area contributed by atoms with Crippen LogP contribution in [-0.4, -0.2) is 48.3 Å². The van der Waals surface area contributed by atoms with Gasteiger partial charge in [-0.2, -0.15) is 0 Å². The van der Waals surface area contributed by atoms with Crippen LogP contribution >= 0.6 is 11.6 Å². The van der Waals surface area contributed by atoms with Gasteiger partial charge in [-0.1, -0.05) is 23.7 Å². The fraction of sp³-hybridized carbons (Fsp3) is 0.533. The first-order valence-electron chi connectivity index (χ1n) is 7.15. The molecule has 1 aliphatic heterocycles. The number of rotatable bonds is 6. The maximum Gasteiger partial charge on any atom is 0.246 e. The summed E-state index contributed by atoms with van der Waals surface area (Å²) in [7, 11) is 0. The molecule has 3 N–H and O–H groups in total. The predicted octanol–water partition coefficient (Wildman–Crippen LogP) is 1.28. The Hall–Kier alpha value is -1.30. The van der Waals surface area contributed by atoms with Crippen LogP contribution < -0.4 is 10.5 Å². The summed E-state index contributed by atoms with van der Waals surface area (Å²) < 4.78 is 5.65. The number of carbonyl (C=O) groups excluding carboxylic acids is 1. The summed E-state index contributed by atoms with van der Waals surface area (Å²) in [6.07, 6.45) is 0.526. The minimum absolute atomic E-state index is 0.0248. The Morgan fingerprint density at radius 3 is 2.71 bits per heavy atom. The molecular formula is C15H21ClN2O3. The number of primary amides is 1. The summed E-state index contributed by atoms with van der Waals surface area (Å²) in [6, 6.07) is 7.40. The molecule has 1 aromatic carbocycles. The van der Waals surface area contributed by atoms with Crippen LogP contribution in [0.5, 0.6) is 5.75 Å². The molecule has 0 aliphatic carbocycles. The van der Waals surface area contributed by atoms with Crippen LogP contribution in [0.25, 0.3) is 0 Å². The standard InChI is InChI=1S/C15H21ClN2O3/c16-12-3-1-2-4-13(12)21-10-9-18-7-5-11(6-8-18)14(19)15(17)20/h1-4,11,14,19H,5-10H2,(H2,17,20)/t14-/m1/s1. The van der Waals surface area contributed by atoms with Gasteiger partial charge in [0.1, 0.15) is 18.5 Å². The molecule has 1 fully saturated rings. The summed E-state index contributed by atoms with van der Waals surface area (Å²) in [5.41, 5.74) is 5.13. The molecule has 1 aliphatic rings. The fourth-order valence-corrected chi connectivity index (χ4v) is 2.76. The van der Waals surface area contributed by atoms with Crippen molar-refractivity contribution in [1.82, 2.24) is 4.90 Å². The number of piperidine rings is 1.